The van der Waals surface area contributed by atoms with Gasteiger partial charge in [0.05, 0.1) is 9.75 Å². The second-order valence-corrected chi connectivity index (χ2v) is 24.2. The van der Waals surface area contributed by atoms with E-state index in [2.05, 4.69) is 114 Å². The molecule has 0 atom stereocenters. The fraction of sp³-hybridized carbons (Fsp3) is 0.533. The Bertz CT molecular complexity index is 2330. The van der Waals surface area contributed by atoms with Gasteiger partial charge in [0.25, 0.3) is 0 Å². The number of hydrogen-bond donors (Lipinski definition) is 0. The summed E-state index contributed by atoms with van der Waals surface area (Å²) in [6, 6.07) is 9.69. The predicted octanol–water partition coefficient (Wildman–Crippen LogP) is 20.9. The minimum absolute atomic E-state index is 1.10. The van der Waals surface area contributed by atoms with Crippen LogP contribution in [0.25, 0.3) is 39.0 Å². The van der Waals surface area contributed by atoms with E-state index >= 15 is 0 Å². The van der Waals surface area contributed by atoms with Gasteiger partial charge in [0.15, 0.2) is 0 Å². The highest BCUT2D eigenvalue weighted by atomic mass is 32.1. The second-order valence-electron chi connectivity index (χ2n) is 18.2. The van der Waals surface area contributed by atoms with Crippen LogP contribution in [0, 0.1) is 23.7 Å². The first kappa shape index (κ1) is 52.7. The van der Waals surface area contributed by atoms with Crippen LogP contribution in [-0.2, 0) is 51.4 Å². The molecule has 0 saturated carbocycles. The van der Waals surface area contributed by atoms with Crippen molar-refractivity contribution in [3.05, 3.63) is 89.3 Å². The molecular formula is C60H78S6. The molecule has 0 aromatic carbocycles. The van der Waals surface area contributed by atoms with Crippen molar-refractivity contribution in [1.82, 2.24) is 0 Å². The average Bonchev–Trinajstić information content (AvgIpc) is 4.20. The van der Waals surface area contributed by atoms with E-state index in [-0.39, 0.29) is 0 Å². The van der Waals surface area contributed by atoms with E-state index in [0.29, 0.717) is 0 Å². The summed E-state index contributed by atoms with van der Waals surface area (Å²) in [4.78, 5) is 14.2. The van der Waals surface area contributed by atoms with Gasteiger partial charge in [-0.05, 0) is 206 Å². The lowest BCUT2D eigenvalue weighted by atomic mass is 9.97. The van der Waals surface area contributed by atoms with Crippen LogP contribution in [0.3, 0.4) is 0 Å². The molecule has 0 fully saturated rings. The van der Waals surface area contributed by atoms with Gasteiger partial charge >= 0.3 is 0 Å². The van der Waals surface area contributed by atoms with Gasteiger partial charge in [-0.15, -0.1) is 68.0 Å². The summed E-state index contributed by atoms with van der Waals surface area (Å²) < 4.78 is 0. The predicted molar refractivity (Wildman–Crippen MR) is 305 cm³/mol. The maximum absolute atomic E-state index is 3.71. The molecule has 0 radical (unpaired) electrons. The van der Waals surface area contributed by atoms with Gasteiger partial charge in [-0.1, -0.05) is 107 Å². The molecule has 0 nitrogen and oxygen atoms in total. The Hall–Kier alpha value is -2.68. The first-order chi connectivity index (χ1) is 32.4. The van der Waals surface area contributed by atoms with Gasteiger partial charge in [-0.2, -0.15) is 0 Å². The van der Waals surface area contributed by atoms with E-state index in [1.54, 1.807) is 33.4 Å². The van der Waals surface area contributed by atoms with Crippen molar-refractivity contribution in [3.63, 3.8) is 0 Å². The van der Waals surface area contributed by atoms with Crippen molar-refractivity contribution in [2.24, 2.45) is 0 Å². The van der Waals surface area contributed by atoms with Crippen molar-refractivity contribution in [3.8, 4) is 62.7 Å². The zero-order valence-electron chi connectivity index (χ0n) is 41.9. The lowest BCUT2D eigenvalue weighted by molar-refractivity contribution is 0.762. The fourth-order valence-corrected chi connectivity index (χ4v) is 16.5. The Morgan fingerprint density at radius 3 is 0.939 bits per heavy atom. The second kappa shape index (κ2) is 28.1. The molecule has 0 N–H and O–H groups in total. The summed E-state index contributed by atoms with van der Waals surface area (Å²) >= 11 is 11.9. The van der Waals surface area contributed by atoms with Crippen molar-refractivity contribution in [1.29, 1.82) is 0 Å². The normalized spacial score (nSPS) is 11.3. The van der Waals surface area contributed by atoms with Crippen LogP contribution in [0.2, 0.25) is 0 Å². The largest absolute Gasteiger partial charge is 0.142 e. The van der Waals surface area contributed by atoms with Crippen LogP contribution in [0.1, 0.15) is 212 Å². The van der Waals surface area contributed by atoms with Gasteiger partial charge in [0.1, 0.15) is 0 Å². The molecule has 354 valence electrons. The SMILES string of the molecule is CCCCc1csc(-c2ccc(-c3sc(C#CC#Cc4sc(-c5ccc(-c6scc(CCCC)c6CCCC)s5)c(CCCC)c4CCCC)c(CCCC)c3CCCC)s2)c1CCCC. The van der Waals surface area contributed by atoms with Crippen LogP contribution < -0.4 is 0 Å². The quantitative estimate of drug-likeness (QED) is 0.0430. The zero-order chi connectivity index (χ0) is 46.7. The monoisotopic (exact) mass is 990 g/mol. The average molecular weight is 992 g/mol. The fourth-order valence-electron chi connectivity index (χ4n) is 9.07. The van der Waals surface area contributed by atoms with Crippen molar-refractivity contribution in [2.45, 2.75) is 209 Å². The number of rotatable bonds is 28. The van der Waals surface area contributed by atoms with Gasteiger partial charge < -0.3 is 0 Å². The Labute approximate surface area is 426 Å². The van der Waals surface area contributed by atoms with Crippen LogP contribution in [0.4, 0.5) is 0 Å². The van der Waals surface area contributed by atoms with E-state index in [1.165, 1.54) is 188 Å². The zero-order valence-corrected chi connectivity index (χ0v) is 46.8. The van der Waals surface area contributed by atoms with Crippen LogP contribution in [-0.4, -0.2) is 0 Å². The van der Waals surface area contributed by atoms with E-state index in [4.69, 9.17) is 0 Å². The van der Waals surface area contributed by atoms with E-state index in [1.807, 2.05) is 68.0 Å². The Kier molecular flexibility index (Phi) is 22.4. The Morgan fingerprint density at radius 1 is 0.318 bits per heavy atom. The van der Waals surface area contributed by atoms with Gasteiger partial charge in [0.2, 0.25) is 0 Å². The Morgan fingerprint density at radius 2 is 0.606 bits per heavy atom. The third-order valence-electron chi connectivity index (χ3n) is 13.0. The van der Waals surface area contributed by atoms with E-state index < -0.39 is 0 Å². The molecule has 6 heterocycles. The highest BCUT2D eigenvalue weighted by molar-refractivity contribution is 7.27. The maximum atomic E-state index is 3.71. The van der Waals surface area contributed by atoms with E-state index in [0.717, 1.165) is 25.7 Å². The molecule has 0 aliphatic carbocycles. The summed E-state index contributed by atoms with van der Waals surface area (Å²) in [5.41, 5.74) is 12.5. The molecular weight excluding hydrogens is 913 g/mol. The van der Waals surface area contributed by atoms with Gasteiger partial charge in [-0.3, -0.25) is 0 Å². The van der Waals surface area contributed by atoms with Crippen LogP contribution in [0.15, 0.2) is 35.0 Å². The summed E-state index contributed by atoms with van der Waals surface area (Å²) in [5, 5.41) is 4.94. The smallest absolute Gasteiger partial charge is 0.0820 e. The number of hydrogen-bond acceptors (Lipinski definition) is 6. The molecule has 6 rings (SSSR count). The molecule has 6 heteroatoms. The molecule has 0 unspecified atom stereocenters. The third kappa shape index (κ3) is 13.5. The van der Waals surface area contributed by atoms with Crippen molar-refractivity contribution < 1.29 is 0 Å². The van der Waals surface area contributed by atoms with Crippen LogP contribution >= 0.6 is 68.0 Å². The molecule has 0 aliphatic rings. The molecule has 0 saturated heterocycles. The topological polar surface area (TPSA) is 0 Å². The summed E-state index contributed by atoms with van der Waals surface area (Å²) in [5.74, 6) is 14.4. The number of unbranched alkanes of at least 4 members (excludes halogenated alkanes) is 8. The Balaban J connectivity index is 1.37. The summed E-state index contributed by atoms with van der Waals surface area (Å²) in [6.45, 7) is 18.6. The first-order valence-electron chi connectivity index (χ1n) is 26.1. The molecule has 0 aliphatic heterocycles. The number of aryl methyl sites for hydroxylation is 2. The van der Waals surface area contributed by atoms with Crippen molar-refractivity contribution in [2.75, 3.05) is 0 Å². The van der Waals surface area contributed by atoms with Gasteiger partial charge in [-0.25, -0.2) is 0 Å². The minimum atomic E-state index is 1.10. The third-order valence-corrected chi connectivity index (χ3v) is 20.4. The highest BCUT2D eigenvalue weighted by Gasteiger charge is 2.23. The molecule has 0 spiro atoms. The van der Waals surface area contributed by atoms with Gasteiger partial charge in [0, 0.05) is 39.0 Å². The maximum Gasteiger partial charge on any atom is 0.0820 e. The number of thiophene rings is 6. The molecule has 6 aromatic rings. The standard InChI is InChI=1S/C60H78S6/c1-9-17-27-43-41-61-57(45(43)29-19-11-3)53-37-39-55(63-53)59-49(33-23-15-7)47(31-21-13-5)51(65-59)35-25-26-36-52-48(32-22-14-6)50(34-24-16-8)60(66-52)56-40-38-54(64-56)58-46(30-20-12-4)44(42-62-58)28-18-10-2/h37-42H,9-24,27-34H2,1-8H3. The lowest BCUT2D eigenvalue weighted by Crippen LogP contribution is -1.94. The summed E-state index contributed by atoms with van der Waals surface area (Å²) in [7, 11) is 0. The highest BCUT2D eigenvalue weighted by Crippen LogP contribution is 2.48. The minimum Gasteiger partial charge on any atom is -0.142 e. The lowest BCUT2D eigenvalue weighted by Gasteiger charge is -2.07. The molecule has 66 heavy (non-hydrogen) atoms. The van der Waals surface area contributed by atoms with E-state index in [9.17, 15) is 0 Å². The summed E-state index contributed by atoms with van der Waals surface area (Å²) in [6.07, 6.45) is 28.9. The van der Waals surface area contributed by atoms with Crippen molar-refractivity contribution >= 4 is 68.0 Å². The molecule has 6 aromatic heterocycles. The molecule has 0 amide bonds. The molecule has 0 bridgehead atoms. The first-order valence-corrected chi connectivity index (χ1v) is 31.2. The van der Waals surface area contributed by atoms with Crippen LogP contribution in [0.5, 0.6) is 0 Å².